The van der Waals surface area contributed by atoms with E-state index in [0.717, 1.165) is 26.1 Å². The molecule has 1 aliphatic heterocycles. The van der Waals surface area contributed by atoms with Gasteiger partial charge in [-0.2, -0.15) is 0 Å². The molecule has 1 rings (SSSR count). The third-order valence-electron chi connectivity index (χ3n) is 2.69. The first-order valence-electron chi connectivity index (χ1n) is 5.11. The van der Waals surface area contributed by atoms with E-state index in [0.29, 0.717) is 12.6 Å². The van der Waals surface area contributed by atoms with Gasteiger partial charge in [0.15, 0.2) is 0 Å². The van der Waals surface area contributed by atoms with Gasteiger partial charge in [-0.05, 0) is 19.9 Å². The second-order valence-electron chi connectivity index (χ2n) is 4.05. The van der Waals surface area contributed by atoms with Gasteiger partial charge in [0.05, 0.1) is 5.75 Å². The van der Waals surface area contributed by atoms with E-state index >= 15 is 0 Å². The molecule has 0 saturated carbocycles. The van der Waals surface area contributed by atoms with Gasteiger partial charge < -0.3 is 5.32 Å². The summed E-state index contributed by atoms with van der Waals surface area (Å²) in [4.78, 5) is 2.25. The minimum absolute atomic E-state index is 0.275. The molecule has 1 aliphatic rings. The van der Waals surface area contributed by atoms with E-state index in [-0.39, 0.29) is 5.75 Å². The van der Waals surface area contributed by atoms with Gasteiger partial charge in [-0.15, -0.1) is 0 Å². The van der Waals surface area contributed by atoms with Crippen LogP contribution in [0, 0.1) is 0 Å². The van der Waals surface area contributed by atoms with Gasteiger partial charge in [-0.3, -0.25) is 4.90 Å². The zero-order valence-electron chi connectivity index (χ0n) is 8.99. The molecule has 0 bridgehead atoms. The van der Waals surface area contributed by atoms with E-state index < -0.39 is 9.84 Å². The summed E-state index contributed by atoms with van der Waals surface area (Å²) in [6, 6.07) is 0.492. The van der Waals surface area contributed by atoms with Crippen molar-refractivity contribution >= 4 is 9.84 Å². The van der Waals surface area contributed by atoms with Crippen LogP contribution in [0.3, 0.4) is 0 Å². The fourth-order valence-electron chi connectivity index (χ4n) is 1.68. The first-order valence-corrected chi connectivity index (χ1v) is 7.17. The summed E-state index contributed by atoms with van der Waals surface area (Å²) in [6.45, 7) is 5.79. The van der Waals surface area contributed by atoms with E-state index in [2.05, 4.69) is 17.1 Å². The lowest BCUT2D eigenvalue weighted by Crippen LogP contribution is -2.37. The Hall–Kier alpha value is -0.130. The standard InChI is InChI=1S/C9H20N2O2S/c1-9-3-4-10-5-6-11(9)7-8-14(2,12)13/h9-10H,3-8H2,1-2H3. The topological polar surface area (TPSA) is 49.4 Å². The number of sulfone groups is 1. The predicted molar refractivity (Wildman–Crippen MR) is 58.2 cm³/mol. The first kappa shape index (κ1) is 11.9. The highest BCUT2D eigenvalue weighted by molar-refractivity contribution is 7.90. The van der Waals surface area contributed by atoms with Gasteiger partial charge in [0.2, 0.25) is 0 Å². The van der Waals surface area contributed by atoms with Crippen molar-refractivity contribution in [1.29, 1.82) is 0 Å². The number of hydrogen-bond acceptors (Lipinski definition) is 4. The summed E-state index contributed by atoms with van der Waals surface area (Å²) in [6.07, 6.45) is 2.40. The predicted octanol–water partition coefficient (Wildman–Crippen LogP) is -0.285. The summed E-state index contributed by atoms with van der Waals surface area (Å²) in [7, 11) is -2.82. The minimum Gasteiger partial charge on any atom is -0.315 e. The molecule has 0 spiro atoms. The van der Waals surface area contributed by atoms with Crippen molar-refractivity contribution in [3.63, 3.8) is 0 Å². The molecule has 1 fully saturated rings. The fraction of sp³-hybridized carbons (Fsp3) is 1.00. The quantitative estimate of drug-likeness (QED) is 0.710. The monoisotopic (exact) mass is 220 g/mol. The molecule has 0 amide bonds. The SMILES string of the molecule is CC1CCNCCN1CCS(C)(=O)=O. The molecule has 4 nitrogen and oxygen atoms in total. The molecule has 0 aromatic heterocycles. The Morgan fingerprint density at radius 2 is 2.14 bits per heavy atom. The van der Waals surface area contributed by atoms with Crippen LogP contribution in [0.1, 0.15) is 13.3 Å². The van der Waals surface area contributed by atoms with Crippen LogP contribution >= 0.6 is 0 Å². The third kappa shape index (κ3) is 4.39. The van der Waals surface area contributed by atoms with Crippen molar-refractivity contribution in [3.8, 4) is 0 Å². The number of nitrogens with zero attached hydrogens (tertiary/aromatic N) is 1. The van der Waals surface area contributed by atoms with E-state index in [9.17, 15) is 8.42 Å². The number of rotatable bonds is 3. The van der Waals surface area contributed by atoms with Crippen molar-refractivity contribution in [2.75, 3.05) is 38.2 Å². The smallest absolute Gasteiger partial charge is 0.148 e. The van der Waals surface area contributed by atoms with Crippen molar-refractivity contribution < 1.29 is 8.42 Å². The molecule has 0 aromatic carbocycles. The van der Waals surface area contributed by atoms with Crippen molar-refractivity contribution in [1.82, 2.24) is 10.2 Å². The second kappa shape index (κ2) is 5.09. The van der Waals surface area contributed by atoms with Crippen LogP contribution in [0.2, 0.25) is 0 Å². The molecule has 0 radical (unpaired) electrons. The van der Waals surface area contributed by atoms with Gasteiger partial charge in [0, 0.05) is 31.9 Å². The summed E-state index contributed by atoms with van der Waals surface area (Å²) in [5, 5.41) is 3.31. The third-order valence-corrected chi connectivity index (χ3v) is 3.61. The van der Waals surface area contributed by atoms with Gasteiger partial charge >= 0.3 is 0 Å². The largest absolute Gasteiger partial charge is 0.315 e. The molecule has 0 aromatic rings. The molecular weight excluding hydrogens is 200 g/mol. The van der Waals surface area contributed by atoms with Gasteiger partial charge in [0.1, 0.15) is 9.84 Å². The van der Waals surface area contributed by atoms with Crippen molar-refractivity contribution in [2.45, 2.75) is 19.4 Å². The Morgan fingerprint density at radius 3 is 2.79 bits per heavy atom. The number of hydrogen-bond donors (Lipinski definition) is 1. The summed E-state index contributed by atoms with van der Waals surface area (Å²) < 4.78 is 22.0. The van der Waals surface area contributed by atoms with Crippen molar-refractivity contribution in [2.24, 2.45) is 0 Å². The molecule has 1 unspecified atom stereocenters. The lowest BCUT2D eigenvalue weighted by Gasteiger charge is -2.25. The summed E-state index contributed by atoms with van der Waals surface area (Å²) in [5.41, 5.74) is 0. The van der Waals surface area contributed by atoms with Crippen LogP contribution in [-0.4, -0.2) is 57.5 Å². The van der Waals surface area contributed by atoms with Crippen LogP contribution in [0.4, 0.5) is 0 Å². The van der Waals surface area contributed by atoms with Gasteiger partial charge in [-0.1, -0.05) is 0 Å². The molecule has 1 heterocycles. The molecule has 14 heavy (non-hydrogen) atoms. The first-order chi connectivity index (χ1) is 6.49. The summed E-state index contributed by atoms with van der Waals surface area (Å²) >= 11 is 0. The molecule has 1 saturated heterocycles. The van der Waals surface area contributed by atoms with Crippen LogP contribution < -0.4 is 5.32 Å². The molecule has 5 heteroatoms. The van der Waals surface area contributed by atoms with Crippen LogP contribution in [-0.2, 0) is 9.84 Å². The highest BCUT2D eigenvalue weighted by Crippen LogP contribution is 2.05. The van der Waals surface area contributed by atoms with Crippen LogP contribution in [0.15, 0.2) is 0 Å². The Kier molecular flexibility index (Phi) is 4.34. The van der Waals surface area contributed by atoms with E-state index in [1.54, 1.807) is 0 Å². The Morgan fingerprint density at radius 1 is 1.43 bits per heavy atom. The fourth-order valence-corrected chi connectivity index (χ4v) is 2.24. The molecular formula is C9H20N2O2S. The average molecular weight is 220 g/mol. The Bertz CT molecular complexity index is 264. The highest BCUT2D eigenvalue weighted by atomic mass is 32.2. The van der Waals surface area contributed by atoms with Gasteiger partial charge in [0.25, 0.3) is 0 Å². The molecule has 1 N–H and O–H groups in total. The second-order valence-corrected chi connectivity index (χ2v) is 6.31. The maximum atomic E-state index is 11.0. The molecule has 84 valence electrons. The van der Waals surface area contributed by atoms with Crippen LogP contribution in [0.5, 0.6) is 0 Å². The van der Waals surface area contributed by atoms with E-state index in [1.165, 1.54) is 6.26 Å². The lowest BCUT2D eigenvalue weighted by molar-refractivity contribution is 0.233. The number of nitrogens with one attached hydrogen (secondary N) is 1. The van der Waals surface area contributed by atoms with E-state index in [1.807, 2.05) is 0 Å². The average Bonchev–Trinajstić information content (AvgIpc) is 2.25. The normalized spacial score (nSPS) is 26.0. The maximum Gasteiger partial charge on any atom is 0.148 e. The Labute approximate surface area is 86.6 Å². The zero-order valence-corrected chi connectivity index (χ0v) is 9.81. The van der Waals surface area contributed by atoms with Crippen molar-refractivity contribution in [3.05, 3.63) is 0 Å². The lowest BCUT2D eigenvalue weighted by atomic mass is 10.2. The van der Waals surface area contributed by atoms with Crippen LogP contribution in [0.25, 0.3) is 0 Å². The Balaban J connectivity index is 2.41. The molecule has 1 atom stereocenters. The summed E-state index contributed by atoms with van der Waals surface area (Å²) in [5.74, 6) is 0.275. The highest BCUT2D eigenvalue weighted by Gasteiger charge is 2.17. The van der Waals surface area contributed by atoms with E-state index in [4.69, 9.17) is 0 Å². The molecule has 0 aliphatic carbocycles. The zero-order chi connectivity index (χ0) is 10.6. The minimum atomic E-state index is -2.82. The van der Waals surface area contributed by atoms with Gasteiger partial charge in [-0.25, -0.2) is 8.42 Å². The maximum absolute atomic E-state index is 11.0.